The van der Waals surface area contributed by atoms with Gasteiger partial charge in [0.15, 0.2) is 0 Å². The first-order valence-electron chi connectivity index (χ1n) is 10.4. The molecule has 2 N–H and O–H groups in total. The number of amides is 1. The number of thiophene rings is 1. The van der Waals surface area contributed by atoms with E-state index >= 15 is 0 Å². The Labute approximate surface area is 198 Å². The molecule has 5 aromatic rings. The summed E-state index contributed by atoms with van der Waals surface area (Å²) in [4.78, 5) is 23.4. The Morgan fingerprint density at radius 2 is 1.82 bits per heavy atom. The van der Waals surface area contributed by atoms with Crippen LogP contribution in [0.15, 0.2) is 83.8 Å². The van der Waals surface area contributed by atoms with Crippen molar-refractivity contribution >= 4 is 33.8 Å². The molecular weight excluding hydrogens is 453 g/mol. The van der Waals surface area contributed by atoms with Gasteiger partial charge < -0.3 is 15.1 Å². The van der Waals surface area contributed by atoms with E-state index in [9.17, 15) is 19.4 Å². The topological polar surface area (TPSA) is 86.5 Å². The van der Waals surface area contributed by atoms with Gasteiger partial charge in [-0.15, -0.1) is 0 Å². The number of hydrogen-bond donors (Lipinski definition) is 2. The van der Waals surface area contributed by atoms with Crippen molar-refractivity contribution in [3.05, 3.63) is 101 Å². The quantitative estimate of drug-likeness (QED) is 0.341. The van der Waals surface area contributed by atoms with Gasteiger partial charge in [-0.3, -0.25) is 4.79 Å². The average Bonchev–Trinajstić information content (AvgIpc) is 3.36. The molecule has 0 unspecified atom stereocenters. The second-order valence-corrected chi connectivity index (χ2v) is 8.41. The van der Waals surface area contributed by atoms with E-state index in [1.54, 1.807) is 36.4 Å². The highest BCUT2D eigenvalue weighted by Gasteiger charge is 2.22. The summed E-state index contributed by atoms with van der Waals surface area (Å²) in [5.41, 5.74) is 3.24. The first kappa shape index (κ1) is 21.5. The lowest BCUT2D eigenvalue weighted by molar-refractivity contribution is 0.0982. The van der Waals surface area contributed by atoms with Crippen LogP contribution in [0.2, 0.25) is 0 Å². The summed E-state index contributed by atoms with van der Waals surface area (Å²) < 4.78 is 14.5. The highest BCUT2D eigenvalue weighted by molar-refractivity contribution is 7.07. The molecule has 0 fully saturated rings. The summed E-state index contributed by atoms with van der Waals surface area (Å²) in [6.45, 7) is 0.285. The first-order valence-corrected chi connectivity index (χ1v) is 11.3. The predicted molar refractivity (Wildman–Crippen MR) is 130 cm³/mol. The van der Waals surface area contributed by atoms with Crippen LogP contribution in [0.1, 0.15) is 15.9 Å². The lowest BCUT2D eigenvalue weighted by atomic mass is 10.0. The zero-order valence-electron chi connectivity index (χ0n) is 17.7. The number of carbonyl (C=O) groups is 1. The second kappa shape index (κ2) is 8.92. The van der Waals surface area contributed by atoms with Gasteiger partial charge in [0.2, 0.25) is 0 Å². The molecule has 1 amide bonds. The van der Waals surface area contributed by atoms with E-state index in [1.807, 2.05) is 16.8 Å². The Kier molecular flexibility index (Phi) is 5.65. The molecule has 0 radical (unpaired) electrons. The van der Waals surface area contributed by atoms with Crippen molar-refractivity contribution < 1.29 is 19.4 Å². The van der Waals surface area contributed by atoms with Crippen LogP contribution in [0.5, 0.6) is 11.5 Å². The molecule has 6 nitrogen and oxygen atoms in total. The van der Waals surface area contributed by atoms with Gasteiger partial charge in [0.25, 0.3) is 5.91 Å². The zero-order chi connectivity index (χ0) is 23.7. The summed E-state index contributed by atoms with van der Waals surface area (Å²) in [5.74, 6) is -1.27. The largest absolute Gasteiger partial charge is 0.508 e. The number of aromatic nitrogens is 2. The van der Waals surface area contributed by atoms with Crippen LogP contribution in [0, 0.1) is 5.82 Å². The molecule has 0 spiro atoms. The Morgan fingerprint density at radius 3 is 2.56 bits per heavy atom. The average molecular weight is 472 g/mol. The number of phenols is 2. The number of anilines is 1. The molecule has 168 valence electrons. The van der Waals surface area contributed by atoms with Crippen LogP contribution in [0.3, 0.4) is 0 Å². The van der Waals surface area contributed by atoms with Gasteiger partial charge in [0.05, 0.1) is 28.7 Å². The fraction of sp³-hybridized carbons (Fsp3) is 0.0385. The van der Waals surface area contributed by atoms with Crippen molar-refractivity contribution in [1.82, 2.24) is 9.97 Å². The van der Waals surface area contributed by atoms with Crippen molar-refractivity contribution in [1.29, 1.82) is 0 Å². The minimum atomic E-state index is -0.421. The SMILES string of the molecule is O=C(c1ccc(O)cc1O)N(Cc1ccsc1)c1ccc(-c2ncnc3cccc(F)c23)cc1. The van der Waals surface area contributed by atoms with Gasteiger partial charge in [-0.05, 0) is 58.8 Å². The Hall–Kier alpha value is -4.30. The zero-order valence-corrected chi connectivity index (χ0v) is 18.5. The lowest BCUT2D eigenvalue weighted by Crippen LogP contribution is -2.30. The van der Waals surface area contributed by atoms with Gasteiger partial charge in [-0.2, -0.15) is 11.3 Å². The van der Waals surface area contributed by atoms with E-state index in [2.05, 4.69) is 9.97 Å². The molecule has 0 atom stereocenters. The summed E-state index contributed by atoms with van der Waals surface area (Å²) in [6.07, 6.45) is 1.39. The molecule has 0 bridgehead atoms. The Bertz CT molecular complexity index is 1480. The number of halogens is 1. The standard InChI is InChI=1S/C26H18FN3O3S/c27-21-2-1-3-22-24(21)25(29-15-28-22)17-4-6-18(7-5-17)30(13-16-10-11-34-14-16)26(33)20-9-8-19(31)12-23(20)32/h1-12,14-15,31-32H,13H2. The lowest BCUT2D eigenvalue weighted by Gasteiger charge is -2.23. The third-order valence-electron chi connectivity index (χ3n) is 5.44. The van der Waals surface area contributed by atoms with Crippen LogP contribution >= 0.6 is 11.3 Å². The van der Waals surface area contributed by atoms with Crippen LogP contribution in [0.4, 0.5) is 10.1 Å². The van der Waals surface area contributed by atoms with Gasteiger partial charge in [-0.1, -0.05) is 18.2 Å². The smallest absolute Gasteiger partial charge is 0.262 e. The third kappa shape index (κ3) is 4.06. The van der Waals surface area contributed by atoms with E-state index in [1.165, 1.54) is 40.8 Å². The summed E-state index contributed by atoms with van der Waals surface area (Å²) in [5, 5.41) is 24.0. The summed E-state index contributed by atoms with van der Waals surface area (Å²) in [6, 6.07) is 17.5. The maximum atomic E-state index is 14.5. The van der Waals surface area contributed by atoms with E-state index in [0.29, 0.717) is 27.8 Å². The van der Waals surface area contributed by atoms with Crippen LogP contribution in [-0.2, 0) is 6.54 Å². The molecule has 3 aromatic carbocycles. The van der Waals surface area contributed by atoms with Crippen molar-refractivity contribution in [2.45, 2.75) is 6.54 Å². The third-order valence-corrected chi connectivity index (χ3v) is 6.17. The fourth-order valence-electron chi connectivity index (χ4n) is 3.78. The predicted octanol–water partition coefficient (Wildman–Crippen LogP) is 5.76. The monoisotopic (exact) mass is 471 g/mol. The number of phenolic OH excluding ortho intramolecular Hbond substituents is 2. The van der Waals surface area contributed by atoms with E-state index in [0.717, 1.165) is 11.6 Å². The minimum absolute atomic E-state index is 0.0703. The Balaban J connectivity index is 1.55. The highest BCUT2D eigenvalue weighted by Crippen LogP contribution is 2.31. The Morgan fingerprint density at radius 1 is 1.00 bits per heavy atom. The van der Waals surface area contributed by atoms with Crippen molar-refractivity contribution in [3.63, 3.8) is 0 Å². The van der Waals surface area contributed by atoms with E-state index < -0.39 is 11.7 Å². The molecular formula is C26H18FN3O3S. The molecule has 2 heterocycles. The van der Waals surface area contributed by atoms with Crippen molar-refractivity contribution in [2.75, 3.05) is 4.90 Å². The molecule has 2 aromatic heterocycles. The molecule has 0 aliphatic heterocycles. The van der Waals surface area contributed by atoms with Crippen molar-refractivity contribution in [3.8, 4) is 22.8 Å². The normalized spacial score (nSPS) is 11.0. The number of fused-ring (bicyclic) bond motifs is 1. The van der Waals surface area contributed by atoms with Gasteiger partial charge in [0.1, 0.15) is 23.6 Å². The minimum Gasteiger partial charge on any atom is -0.508 e. The molecule has 0 saturated heterocycles. The summed E-state index contributed by atoms with van der Waals surface area (Å²) in [7, 11) is 0. The van der Waals surface area contributed by atoms with Crippen LogP contribution in [0.25, 0.3) is 22.2 Å². The number of hydrogen-bond acceptors (Lipinski definition) is 6. The molecule has 5 rings (SSSR count). The van der Waals surface area contributed by atoms with Gasteiger partial charge in [0, 0.05) is 17.3 Å². The van der Waals surface area contributed by atoms with Gasteiger partial charge in [-0.25, -0.2) is 14.4 Å². The van der Waals surface area contributed by atoms with Gasteiger partial charge >= 0.3 is 0 Å². The molecule has 0 saturated carbocycles. The molecule has 0 aliphatic rings. The fourth-order valence-corrected chi connectivity index (χ4v) is 4.44. The van der Waals surface area contributed by atoms with Crippen LogP contribution < -0.4 is 4.90 Å². The number of nitrogens with zero attached hydrogens (tertiary/aromatic N) is 3. The molecule has 0 aliphatic carbocycles. The van der Waals surface area contributed by atoms with Crippen molar-refractivity contribution in [2.24, 2.45) is 0 Å². The van der Waals surface area contributed by atoms with E-state index in [-0.39, 0.29) is 23.6 Å². The first-order chi connectivity index (χ1) is 16.5. The maximum absolute atomic E-state index is 14.5. The second-order valence-electron chi connectivity index (χ2n) is 7.63. The number of carbonyl (C=O) groups excluding carboxylic acids is 1. The number of aromatic hydroxyl groups is 2. The summed E-state index contributed by atoms with van der Waals surface area (Å²) >= 11 is 1.52. The number of rotatable bonds is 5. The van der Waals surface area contributed by atoms with Crippen LogP contribution in [-0.4, -0.2) is 26.1 Å². The molecule has 8 heteroatoms. The highest BCUT2D eigenvalue weighted by atomic mass is 32.1. The number of benzene rings is 3. The van der Waals surface area contributed by atoms with E-state index in [4.69, 9.17) is 0 Å². The maximum Gasteiger partial charge on any atom is 0.262 e. The molecule has 34 heavy (non-hydrogen) atoms.